The highest BCUT2D eigenvalue weighted by Gasteiger charge is 2.20. The van der Waals surface area contributed by atoms with Crippen molar-refractivity contribution in [1.29, 1.82) is 0 Å². The van der Waals surface area contributed by atoms with Gasteiger partial charge in [0.25, 0.3) is 0 Å². The molecule has 1 heterocycles. The monoisotopic (exact) mass is 300 g/mol. The molecular weight excluding hydrogens is 280 g/mol. The first-order valence-electron chi connectivity index (χ1n) is 6.61. The molecular formula is C13H21BrN2O. The van der Waals surface area contributed by atoms with Crippen LogP contribution in [0.2, 0.25) is 0 Å². The van der Waals surface area contributed by atoms with Gasteiger partial charge in [0, 0.05) is 6.54 Å². The number of aryl methyl sites for hydroxylation is 1. The van der Waals surface area contributed by atoms with E-state index < -0.39 is 0 Å². The number of halogens is 1. The number of aromatic nitrogens is 2. The smallest absolute Gasteiger partial charge is 0.0968 e. The highest BCUT2D eigenvalue weighted by Crippen LogP contribution is 2.33. The molecule has 1 unspecified atom stereocenters. The summed E-state index contributed by atoms with van der Waals surface area (Å²) in [6.07, 6.45) is 8.83. The van der Waals surface area contributed by atoms with Crippen molar-refractivity contribution in [3.05, 3.63) is 16.4 Å². The van der Waals surface area contributed by atoms with Crippen LogP contribution in [0.5, 0.6) is 0 Å². The minimum atomic E-state index is -0.382. The molecule has 4 heteroatoms. The Labute approximate surface area is 111 Å². The molecule has 1 atom stereocenters. The summed E-state index contributed by atoms with van der Waals surface area (Å²) in [6.45, 7) is 2.86. The summed E-state index contributed by atoms with van der Waals surface area (Å²) in [5.74, 6) is 0.835. The zero-order valence-electron chi connectivity index (χ0n) is 10.4. The van der Waals surface area contributed by atoms with Crippen LogP contribution in [-0.2, 0) is 6.54 Å². The van der Waals surface area contributed by atoms with E-state index in [0.717, 1.165) is 35.5 Å². The Bertz CT molecular complexity index is 358. The van der Waals surface area contributed by atoms with Crippen molar-refractivity contribution in [2.24, 2.45) is 5.92 Å². The lowest BCUT2D eigenvalue weighted by atomic mass is 9.98. The molecule has 1 fully saturated rings. The third-order valence-corrected chi connectivity index (χ3v) is 4.38. The molecule has 1 saturated carbocycles. The van der Waals surface area contributed by atoms with E-state index in [1.807, 2.05) is 11.6 Å². The topological polar surface area (TPSA) is 38.0 Å². The Morgan fingerprint density at radius 1 is 1.53 bits per heavy atom. The first-order valence-corrected chi connectivity index (χ1v) is 7.41. The maximum Gasteiger partial charge on any atom is 0.0968 e. The second kappa shape index (κ2) is 6.01. The Kier molecular flexibility index (Phi) is 4.62. The van der Waals surface area contributed by atoms with Gasteiger partial charge in [0.1, 0.15) is 0 Å². The predicted molar refractivity (Wildman–Crippen MR) is 71.8 cm³/mol. The molecule has 2 rings (SSSR count). The Hall–Kier alpha value is -0.350. The average Bonchev–Trinajstić information content (AvgIpc) is 2.94. The fourth-order valence-electron chi connectivity index (χ4n) is 2.78. The van der Waals surface area contributed by atoms with E-state index in [1.165, 1.54) is 25.7 Å². The lowest BCUT2D eigenvalue weighted by Gasteiger charge is -2.15. The molecule has 0 bridgehead atoms. The summed E-state index contributed by atoms with van der Waals surface area (Å²) in [5.41, 5.74) is 0.936. The van der Waals surface area contributed by atoms with Crippen molar-refractivity contribution in [1.82, 2.24) is 9.78 Å². The second-order valence-corrected chi connectivity index (χ2v) is 5.79. The van der Waals surface area contributed by atoms with E-state index in [1.54, 1.807) is 6.20 Å². The van der Waals surface area contributed by atoms with Crippen molar-refractivity contribution < 1.29 is 5.11 Å². The van der Waals surface area contributed by atoms with Crippen LogP contribution in [0.15, 0.2) is 10.7 Å². The van der Waals surface area contributed by atoms with Gasteiger partial charge in [0.2, 0.25) is 0 Å². The van der Waals surface area contributed by atoms with Crippen molar-refractivity contribution in [2.75, 3.05) is 0 Å². The van der Waals surface area contributed by atoms with Gasteiger partial charge in [-0.1, -0.05) is 25.7 Å². The second-order valence-electron chi connectivity index (χ2n) is 4.94. The van der Waals surface area contributed by atoms with E-state index in [2.05, 4.69) is 21.0 Å². The molecule has 1 aliphatic rings. The minimum Gasteiger partial charge on any atom is -0.387 e. The van der Waals surface area contributed by atoms with Crippen LogP contribution < -0.4 is 0 Å². The quantitative estimate of drug-likeness (QED) is 0.901. The molecule has 96 valence electrons. The highest BCUT2D eigenvalue weighted by atomic mass is 79.9. The lowest BCUT2D eigenvalue weighted by Crippen LogP contribution is -2.09. The van der Waals surface area contributed by atoms with Gasteiger partial charge >= 0.3 is 0 Å². The SMILES string of the molecule is CCn1ncc(Br)c1C(O)CCC1CCCC1. The van der Waals surface area contributed by atoms with Crippen LogP contribution in [-0.4, -0.2) is 14.9 Å². The summed E-state index contributed by atoms with van der Waals surface area (Å²) in [5, 5.41) is 14.5. The number of nitrogens with zero attached hydrogens (tertiary/aromatic N) is 2. The van der Waals surface area contributed by atoms with Crippen molar-refractivity contribution in [3.8, 4) is 0 Å². The summed E-state index contributed by atoms with van der Waals surface area (Å²) < 4.78 is 2.81. The molecule has 0 spiro atoms. The van der Waals surface area contributed by atoms with E-state index in [4.69, 9.17) is 0 Å². The lowest BCUT2D eigenvalue weighted by molar-refractivity contribution is 0.146. The standard InChI is InChI=1S/C13H21BrN2O/c1-2-16-13(11(14)9-15-16)12(17)8-7-10-5-3-4-6-10/h9-10,12,17H,2-8H2,1H3. The van der Waals surface area contributed by atoms with Crippen LogP contribution in [0, 0.1) is 5.92 Å². The van der Waals surface area contributed by atoms with Gasteiger partial charge in [-0.25, -0.2) is 0 Å². The first-order chi connectivity index (χ1) is 8.22. The Morgan fingerprint density at radius 3 is 2.88 bits per heavy atom. The molecule has 0 saturated heterocycles. The molecule has 0 radical (unpaired) electrons. The number of hydrogen-bond donors (Lipinski definition) is 1. The van der Waals surface area contributed by atoms with Gasteiger partial charge in [-0.2, -0.15) is 5.10 Å². The zero-order chi connectivity index (χ0) is 12.3. The van der Waals surface area contributed by atoms with Crippen LogP contribution >= 0.6 is 15.9 Å². The van der Waals surface area contributed by atoms with Crippen LogP contribution in [0.3, 0.4) is 0 Å². The van der Waals surface area contributed by atoms with Crippen LogP contribution in [0.4, 0.5) is 0 Å². The van der Waals surface area contributed by atoms with Crippen molar-refractivity contribution in [2.45, 2.75) is 58.1 Å². The van der Waals surface area contributed by atoms with Crippen molar-refractivity contribution in [3.63, 3.8) is 0 Å². The average molecular weight is 301 g/mol. The fraction of sp³-hybridized carbons (Fsp3) is 0.769. The molecule has 0 aliphatic heterocycles. The molecule has 1 aromatic rings. The summed E-state index contributed by atoms with van der Waals surface area (Å²) >= 11 is 3.47. The Balaban J connectivity index is 1.93. The first kappa shape index (κ1) is 13.1. The van der Waals surface area contributed by atoms with Gasteiger partial charge in [-0.3, -0.25) is 4.68 Å². The van der Waals surface area contributed by atoms with Gasteiger partial charge < -0.3 is 5.11 Å². The fourth-order valence-corrected chi connectivity index (χ4v) is 3.35. The maximum atomic E-state index is 10.3. The molecule has 1 aliphatic carbocycles. The highest BCUT2D eigenvalue weighted by molar-refractivity contribution is 9.10. The van der Waals surface area contributed by atoms with Crippen LogP contribution in [0.1, 0.15) is 57.2 Å². The third kappa shape index (κ3) is 3.10. The molecule has 1 aromatic heterocycles. The van der Waals surface area contributed by atoms with Gasteiger partial charge in [0.05, 0.1) is 22.5 Å². The largest absolute Gasteiger partial charge is 0.387 e. The number of aliphatic hydroxyl groups is 1. The van der Waals surface area contributed by atoms with Crippen LogP contribution in [0.25, 0.3) is 0 Å². The summed E-state index contributed by atoms with van der Waals surface area (Å²) in [7, 11) is 0. The molecule has 0 aromatic carbocycles. The normalized spacial score (nSPS) is 18.8. The summed E-state index contributed by atoms with van der Waals surface area (Å²) in [6, 6.07) is 0. The van der Waals surface area contributed by atoms with E-state index in [0.29, 0.717) is 0 Å². The molecule has 0 amide bonds. The Morgan fingerprint density at radius 2 is 2.24 bits per heavy atom. The van der Waals surface area contributed by atoms with E-state index in [-0.39, 0.29) is 6.10 Å². The number of hydrogen-bond acceptors (Lipinski definition) is 2. The van der Waals surface area contributed by atoms with E-state index >= 15 is 0 Å². The predicted octanol–water partition coefficient (Wildman–Crippen LogP) is 3.67. The molecule has 3 nitrogen and oxygen atoms in total. The molecule has 17 heavy (non-hydrogen) atoms. The minimum absolute atomic E-state index is 0.382. The van der Waals surface area contributed by atoms with Gasteiger partial charge in [-0.05, 0) is 41.6 Å². The van der Waals surface area contributed by atoms with Crippen molar-refractivity contribution >= 4 is 15.9 Å². The number of aliphatic hydroxyl groups excluding tert-OH is 1. The molecule has 1 N–H and O–H groups in total. The summed E-state index contributed by atoms with van der Waals surface area (Å²) in [4.78, 5) is 0. The third-order valence-electron chi connectivity index (χ3n) is 3.77. The number of rotatable bonds is 5. The van der Waals surface area contributed by atoms with Gasteiger partial charge in [-0.15, -0.1) is 0 Å². The van der Waals surface area contributed by atoms with Gasteiger partial charge in [0.15, 0.2) is 0 Å². The maximum absolute atomic E-state index is 10.3. The van der Waals surface area contributed by atoms with E-state index in [9.17, 15) is 5.11 Å². The zero-order valence-corrected chi connectivity index (χ0v) is 12.0.